The van der Waals surface area contributed by atoms with Crippen LogP contribution < -0.4 is 10.2 Å². The topological polar surface area (TPSA) is 51.7 Å². The van der Waals surface area contributed by atoms with Crippen molar-refractivity contribution >= 4 is 11.7 Å². The number of nitrogens with zero attached hydrogens (tertiary/aromatic N) is 4. The van der Waals surface area contributed by atoms with Crippen LogP contribution in [0.1, 0.15) is 25.3 Å². The van der Waals surface area contributed by atoms with Crippen molar-refractivity contribution in [2.75, 3.05) is 57.8 Å². The van der Waals surface area contributed by atoms with E-state index in [1.54, 1.807) is 0 Å². The van der Waals surface area contributed by atoms with E-state index >= 15 is 0 Å². The molecular weight excluding hydrogens is 314 g/mol. The third-order valence-corrected chi connectivity index (χ3v) is 5.25. The second-order valence-electron chi connectivity index (χ2n) is 7.54. The van der Waals surface area contributed by atoms with E-state index in [1.165, 1.54) is 12.8 Å². The van der Waals surface area contributed by atoms with Gasteiger partial charge in [0.15, 0.2) is 0 Å². The second-order valence-corrected chi connectivity index (χ2v) is 7.54. The number of carbonyl (C=O) groups is 1. The molecule has 2 aliphatic heterocycles. The number of carbonyl (C=O) groups excluding carboxylic acids is 1. The average molecular weight is 345 g/mol. The van der Waals surface area contributed by atoms with E-state index in [4.69, 9.17) is 0 Å². The zero-order valence-electron chi connectivity index (χ0n) is 15.6. The maximum Gasteiger partial charge on any atom is 0.234 e. The zero-order valence-corrected chi connectivity index (χ0v) is 15.6. The first-order valence-electron chi connectivity index (χ1n) is 9.48. The van der Waals surface area contributed by atoms with E-state index in [0.29, 0.717) is 19.0 Å². The summed E-state index contributed by atoms with van der Waals surface area (Å²) in [7, 11) is 2.15. The fraction of sp³-hybridized carbons (Fsp3) is 0.684. The average Bonchev–Trinajstić information content (AvgIpc) is 2.61. The van der Waals surface area contributed by atoms with E-state index in [1.807, 2.05) is 12.3 Å². The lowest BCUT2D eigenvalue weighted by Crippen LogP contribution is -2.45. The van der Waals surface area contributed by atoms with Crippen LogP contribution in [0.5, 0.6) is 0 Å². The highest BCUT2D eigenvalue weighted by Gasteiger charge is 2.20. The van der Waals surface area contributed by atoms with Crippen LogP contribution in [0, 0.1) is 5.92 Å². The predicted octanol–water partition coefficient (Wildman–Crippen LogP) is 1.18. The third-order valence-electron chi connectivity index (χ3n) is 5.25. The van der Waals surface area contributed by atoms with E-state index in [2.05, 4.69) is 45.0 Å². The molecule has 6 nitrogen and oxygen atoms in total. The first-order valence-corrected chi connectivity index (χ1v) is 9.48. The molecule has 1 atom stereocenters. The Morgan fingerprint density at radius 1 is 1.28 bits per heavy atom. The van der Waals surface area contributed by atoms with Crippen LogP contribution in [-0.2, 0) is 11.3 Å². The van der Waals surface area contributed by atoms with Crippen molar-refractivity contribution in [3.05, 3.63) is 23.9 Å². The summed E-state index contributed by atoms with van der Waals surface area (Å²) in [6, 6.07) is 4.03. The highest BCUT2D eigenvalue weighted by molar-refractivity contribution is 5.78. The summed E-state index contributed by atoms with van der Waals surface area (Å²) in [6.45, 7) is 9.48. The van der Waals surface area contributed by atoms with Crippen molar-refractivity contribution in [1.29, 1.82) is 0 Å². The number of aromatic nitrogens is 1. The summed E-state index contributed by atoms with van der Waals surface area (Å²) in [4.78, 5) is 23.8. The van der Waals surface area contributed by atoms with E-state index in [9.17, 15) is 4.79 Å². The van der Waals surface area contributed by atoms with Gasteiger partial charge in [0.05, 0.1) is 6.54 Å². The molecule has 6 heteroatoms. The molecule has 0 unspecified atom stereocenters. The molecule has 0 aromatic carbocycles. The molecule has 2 fully saturated rings. The number of anilines is 1. The molecule has 3 heterocycles. The van der Waals surface area contributed by atoms with Gasteiger partial charge < -0.3 is 15.1 Å². The highest BCUT2D eigenvalue weighted by atomic mass is 16.2. The number of likely N-dealkylation sites (N-methyl/N-ethyl adjacent to an activating group) is 1. The quantitative estimate of drug-likeness (QED) is 0.869. The number of amides is 1. The minimum absolute atomic E-state index is 0.113. The van der Waals surface area contributed by atoms with Gasteiger partial charge in [0.2, 0.25) is 5.91 Å². The Balaban J connectivity index is 1.53. The lowest BCUT2D eigenvalue weighted by atomic mass is 10.0. The monoisotopic (exact) mass is 345 g/mol. The maximum absolute atomic E-state index is 12.3. The summed E-state index contributed by atoms with van der Waals surface area (Å²) in [5, 5.41) is 3.09. The number of piperidine rings is 1. The Hall–Kier alpha value is -1.66. The minimum atomic E-state index is 0.113. The summed E-state index contributed by atoms with van der Waals surface area (Å²) in [5.74, 6) is 1.83. The predicted molar refractivity (Wildman–Crippen MR) is 101 cm³/mol. The number of rotatable bonds is 5. The molecule has 2 aliphatic rings. The maximum atomic E-state index is 12.3. The standard InChI is InChI=1S/C19H31N5O/c1-16-5-4-8-23(14-16)15-18(25)21-13-17-6-3-7-20-19(17)24-11-9-22(2)10-12-24/h3,6-7,16H,4-5,8-15H2,1-2H3,(H,21,25)/t16-/m1/s1. The number of likely N-dealkylation sites (tertiary alicyclic amines) is 1. The number of hydrogen-bond donors (Lipinski definition) is 1. The van der Waals surface area contributed by atoms with Crippen molar-refractivity contribution < 1.29 is 4.79 Å². The van der Waals surface area contributed by atoms with Crippen molar-refractivity contribution in [3.8, 4) is 0 Å². The van der Waals surface area contributed by atoms with Gasteiger partial charge >= 0.3 is 0 Å². The molecule has 0 saturated carbocycles. The number of hydrogen-bond acceptors (Lipinski definition) is 5. The lowest BCUT2D eigenvalue weighted by Gasteiger charge is -2.34. The minimum Gasteiger partial charge on any atom is -0.354 e. The SMILES string of the molecule is C[C@@H]1CCCN(CC(=O)NCc2cccnc2N2CCN(C)CC2)C1. The molecule has 0 radical (unpaired) electrons. The number of nitrogens with one attached hydrogen (secondary N) is 1. The van der Waals surface area contributed by atoms with Gasteiger partial charge in [0.1, 0.15) is 5.82 Å². The van der Waals surface area contributed by atoms with Crippen molar-refractivity contribution in [1.82, 2.24) is 20.1 Å². The van der Waals surface area contributed by atoms with Crippen molar-refractivity contribution in [2.45, 2.75) is 26.3 Å². The summed E-state index contributed by atoms with van der Waals surface area (Å²) >= 11 is 0. The Bertz CT molecular complexity index is 571. The Morgan fingerprint density at radius 3 is 2.84 bits per heavy atom. The van der Waals surface area contributed by atoms with Gasteiger partial charge in [0.25, 0.3) is 0 Å². The van der Waals surface area contributed by atoms with Crippen molar-refractivity contribution in [2.24, 2.45) is 5.92 Å². The molecule has 0 spiro atoms. The van der Waals surface area contributed by atoms with Gasteiger partial charge in [-0.25, -0.2) is 4.98 Å². The Kier molecular flexibility index (Phi) is 6.26. The van der Waals surface area contributed by atoms with Gasteiger partial charge in [0, 0.05) is 51.0 Å². The highest BCUT2D eigenvalue weighted by Crippen LogP contribution is 2.19. The molecule has 0 aliphatic carbocycles. The molecule has 2 saturated heterocycles. The fourth-order valence-corrected chi connectivity index (χ4v) is 3.75. The van der Waals surface area contributed by atoms with E-state index < -0.39 is 0 Å². The molecule has 25 heavy (non-hydrogen) atoms. The van der Waals surface area contributed by atoms with Gasteiger partial charge in [-0.05, 0) is 38.4 Å². The molecule has 0 bridgehead atoms. The van der Waals surface area contributed by atoms with Crippen molar-refractivity contribution in [3.63, 3.8) is 0 Å². The van der Waals surface area contributed by atoms with Crippen LogP contribution in [0.4, 0.5) is 5.82 Å². The van der Waals surface area contributed by atoms with Gasteiger partial charge in [-0.3, -0.25) is 9.69 Å². The van der Waals surface area contributed by atoms with Gasteiger partial charge in [-0.2, -0.15) is 0 Å². The van der Waals surface area contributed by atoms with Crippen LogP contribution in [-0.4, -0.2) is 73.6 Å². The smallest absolute Gasteiger partial charge is 0.234 e. The largest absolute Gasteiger partial charge is 0.354 e. The Labute approximate surface area is 151 Å². The first kappa shape index (κ1) is 18.1. The van der Waals surface area contributed by atoms with Crippen LogP contribution in [0.15, 0.2) is 18.3 Å². The van der Waals surface area contributed by atoms with Crippen LogP contribution in [0.25, 0.3) is 0 Å². The summed E-state index contributed by atoms with van der Waals surface area (Å²) < 4.78 is 0. The second kappa shape index (κ2) is 8.63. The molecule has 1 aromatic rings. The lowest BCUT2D eigenvalue weighted by molar-refractivity contribution is -0.122. The van der Waals surface area contributed by atoms with Gasteiger partial charge in [-0.1, -0.05) is 13.0 Å². The fourth-order valence-electron chi connectivity index (χ4n) is 3.75. The molecule has 1 amide bonds. The van der Waals surface area contributed by atoms with E-state index in [-0.39, 0.29) is 5.91 Å². The number of pyridine rings is 1. The summed E-state index contributed by atoms with van der Waals surface area (Å²) in [6.07, 6.45) is 4.32. The zero-order chi connectivity index (χ0) is 17.6. The molecular formula is C19H31N5O. The van der Waals surface area contributed by atoms with Gasteiger partial charge in [-0.15, -0.1) is 0 Å². The molecule has 1 aromatic heterocycles. The summed E-state index contributed by atoms with van der Waals surface area (Å²) in [5.41, 5.74) is 1.10. The van der Waals surface area contributed by atoms with E-state index in [0.717, 1.165) is 50.6 Å². The van der Waals surface area contributed by atoms with Crippen LogP contribution in [0.3, 0.4) is 0 Å². The van der Waals surface area contributed by atoms with Crippen LogP contribution in [0.2, 0.25) is 0 Å². The molecule has 1 N–H and O–H groups in total. The first-order chi connectivity index (χ1) is 12.1. The Morgan fingerprint density at radius 2 is 2.08 bits per heavy atom. The van der Waals surface area contributed by atoms with Crippen LogP contribution >= 0.6 is 0 Å². The molecule has 138 valence electrons. The number of piperazine rings is 1. The normalized spacial score (nSPS) is 22.8. The molecule has 3 rings (SSSR count). The third kappa shape index (κ3) is 5.16.